The smallest absolute Gasteiger partial charge is 0.227 e. The lowest BCUT2D eigenvalue weighted by molar-refractivity contribution is -0.146. The molecule has 0 radical (unpaired) electrons. The molecule has 1 amide bonds. The van der Waals surface area contributed by atoms with Crippen molar-refractivity contribution < 1.29 is 4.79 Å². The quantitative estimate of drug-likeness (QED) is 0.830. The Kier molecular flexibility index (Phi) is 5.22. The number of piperidine rings is 1. The summed E-state index contributed by atoms with van der Waals surface area (Å²) >= 11 is 0. The number of hydrogen-bond donors (Lipinski definition) is 0. The number of nitrogens with zero attached hydrogens (tertiary/aromatic N) is 4. The largest absolute Gasteiger partial charge is 0.341 e. The number of hydrogen-bond acceptors (Lipinski definition) is 3. The molecule has 5 nitrogen and oxygen atoms in total. The molecule has 0 aromatic carbocycles. The molecule has 2 aliphatic heterocycles. The minimum absolute atomic E-state index is 0.166. The highest BCUT2D eigenvalue weighted by molar-refractivity contribution is 5.82. The van der Waals surface area contributed by atoms with Crippen LogP contribution >= 0.6 is 0 Å². The van der Waals surface area contributed by atoms with Gasteiger partial charge < -0.3 is 9.80 Å². The van der Waals surface area contributed by atoms with Gasteiger partial charge in [0.25, 0.3) is 0 Å². The number of carbonyl (C=O) groups is 1. The van der Waals surface area contributed by atoms with Crippen molar-refractivity contribution in [2.45, 2.75) is 65.8 Å². The topological polar surface area (TPSA) is 41.4 Å². The van der Waals surface area contributed by atoms with Crippen molar-refractivity contribution >= 4 is 5.91 Å². The lowest BCUT2D eigenvalue weighted by Crippen LogP contribution is -2.57. The van der Waals surface area contributed by atoms with Gasteiger partial charge in [0.15, 0.2) is 0 Å². The van der Waals surface area contributed by atoms with E-state index >= 15 is 0 Å². The van der Waals surface area contributed by atoms with E-state index in [4.69, 9.17) is 0 Å². The van der Waals surface area contributed by atoms with E-state index in [0.717, 1.165) is 32.7 Å². The van der Waals surface area contributed by atoms with Crippen LogP contribution in [-0.2, 0) is 10.2 Å². The summed E-state index contributed by atoms with van der Waals surface area (Å²) in [7, 11) is 0. The van der Waals surface area contributed by atoms with Crippen molar-refractivity contribution in [3.05, 3.63) is 18.0 Å². The molecule has 146 valence electrons. The average molecular weight is 361 g/mol. The fourth-order valence-electron chi connectivity index (χ4n) is 3.98. The third kappa shape index (κ3) is 4.30. The first kappa shape index (κ1) is 19.4. The second-order valence-electron chi connectivity index (χ2n) is 10.3. The van der Waals surface area contributed by atoms with Crippen molar-refractivity contribution in [1.29, 1.82) is 0 Å². The van der Waals surface area contributed by atoms with E-state index in [-0.39, 0.29) is 10.8 Å². The molecule has 0 N–H and O–H groups in total. The normalized spacial score (nSPS) is 21.1. The van der Waals surface area contributed by atoms with Gasteiger partial charge in [0.1, 0.15) is 0 Å². The van der Waals surface area contributed by atoms with E-state index in [9.17, 15) is 4.79 Å². The summed E-state index contributed by atoms with van der Waals surface area (Å²) in [4.78, 5) is 16.9. The molecule has 3 rings (SSSR count). The van der Waals surface area contributed by atoms with Crippen LogP contribution in [0.2, 0.25) is 0 Å². The monoisotopic (exact) mass is 360 g/mol. The number of likely N-dealkylation sites (tertiary alicyclic amines) is 2. The molecular formula is C21H36N4O. The molecule has 2 aliphatic rings. The summed E-state index contributed by atoms with van der Waals surface area (Å²) in [6.45, 7) is 18.0. The van der Waals surface area contributed by atoms with Gasteiger partial charge in [-0.15, -0.1) is 0 Å². The maximum atomic E-state index is 12.3. The summed E-state index contributed by atoms with van der Waals surface area (Å²) in [5.41, 5.74) is 1.23. The van der Waals surface area contributed by atoms with Crippen LogP contribution in [0.3, 0.4) is 0 Å². The van der Waals surface area contributed by atoms with Gasteiger partial charge in [-0.1, -0.05) is 41.5 Å². The van der Waals surface area contributed by atoms with Crippen molar-refractivity contribution in [3.8, 4) is 0 Å². The van der Waals surface area contributed by atoms with Gasteiger partial charge in [0, 0.05) is 50.3 Å². The van der Waals surface area contributed by atoms with Crippen molar-refractivity contribution in [2.75, 3.05) is 32.7 Å². The lowest BCUT2D eigenvalue weighted by Gasteiger charge is -2.45. The molecule has 0 spiro atoms. The Hall–Kier alpha value is -1.36. The Morgan fingerprint density at radius 3 is 2.23 bits per heavy atom. The zero-order chi connectivity index (χ0) is 19.1. The van der Waals surface area contributed by atoms with E-state index in [1.165, 1.54) is 18.4 Å². The van der Waals surface area contributed by atoms with E-state index < -0.39 is 0 Å². The first-order valence-corrected chi connectivity index (χ1v) is 10.1. The fraction of sp³-hybridized carbons (Fsp3) is 0.810. The Labute approximate surface area is 158 Å². The van der Waals surface area contributed by atoms with Gasteiger partial charge in [0.05, 0.1) is 12.2 Å². The van der Waals surface area contributed by atoms with E-state index in [2.05, 4.69) is 41.6 Å². The molecule has 0 unspecified atom stereocenters. The van der Waals surface area contributed by atoms with Gasteiger partial charge in [-0.2, -0.15) is 5.10 Å². The molecule has 3 heterocycles. The van der Waals surface area contributed by atoms with Crippen molar-refractivity contribution in [3.63, 3.8) is 0 Å². The van der Waals surface area contributed by atoms with Gasteiger partial charge >= 0.3 is 0 Å². The predicted octanol–water partition coefficient (Wildman–Crippen LogP) is 3.32. The molecule has 26 heavy (non-hydrogen) atoms. The Bertz CT molecular complexity index is 623. The van der Waals surface area contributed by atoms with Crippen LogP contribution in [-0.4, -0.2) is 58.2 Å². The summed E-state index contributed by atoms with van der Waals surface area (Å²) in [6.07, 6.45) is 6.61. The zero-order valence-electron chi connectivity index (χ0n) is 17.5. The molecule has 2 saturated heterocycles. The standard InChI is InChI=1S/C21H36N4O/c1-20(2,3)17-11-22-25(15-17)18-7-9-23(10-8-18)12-16-13-24(14-16)19(26)21(4,5)6/h11,15-16,18H,7-10,12-14H2,1-6H3. The van der Waals surface area contributed by atoms with Gasteiger partial charge in [-0.25, -0.2) is 0 Å². The minimum atomic E-state index is -0.251. The first-order valence-electron chi connectivity index (χ1n) is 10.1. The first-order chi connectivity index (χ1) is 12.0. The van der Waals surface area contributed by atoms with E-state index in [1.807, 2.05) is 31.9 Å². The van der Waals surface area contributed by atoms with Crippen molar-refractivity contribution in [2.24, 2.45) is 11.3 Å². The highest BCUT2D eigenvalue weighted by Gasteiger charge is 2.37. The Balaban J connectivity index is 1.43. The Morgan fingerprint density at radius 2 is 1.73 bits per heavy atom. The van der Waals surface area contributed by atoms with Crippen LogP contribution in [0.1, 0.15) is 66.0 Å². The molecule has 0 atom stereocenters. The highest BCUT2D eigenvalue weighted by Crippen LogP contribution is 2.29. The average Bonchev–Trinajstić information content (AvgIpc) is 2.99. The molecular weight excluding hydrogens is 324 g/mol. The maximum Gasteiger partial charge on any atom is 0.227 e. The number of aromatic nitrogens is 2. The van der Waals surface area contributed by atoms with E-state index in [0.29, 0.717) is 17.9 Å². The molecule has 0 aliphatic carbocycles. The van der Waals surface area contributed by atoms with Crippen LogP contribution in [0, 0.1) is 11.3 Å². The second kappa shape index (κ2) is 6.99. The third-order valence-corrected chi connectivity index (χ3v) is 5.80. The van der Waals surface area contributed by atoms with Crippen LogP contribution in [0.4, 0.5) is 0 Å². The molecule has 1 aromatic heterocycles. The van der Waals surface area contributed by atoms with Gasteiger partial charge in [-0.05, 0) is 23.8 Å². The van der Waals surface area contributed by atoms with Crippen LogP contribution in [0.15, 0.2) is 12.4 Å². The Morgan fingerprint density at radius 1 is 1.12 bits per heavy atom. The van der Waals surface area contributed by atoms with Gasteiger partial charge in [-0.3, -0.25) is 9.48 Å². The minimum Gasteiger partial charge on any atom is -0.341 e. The number of carbonyl (C=O) groups excluding carboxylic acids is 1. The number of amides is 1. The SMILES string of the molecule is CC(C)(C)C(=O)N1CC(CN2CCC(n3cc(C(C)(C)C)cn3)CC2)C1. The molecule has 0 saturated carbocycles. The fourth-order valence-corrected chi connectivity index (χ4v) is 3.98. The summed E-state index contributed by atoms with van der Waals surface area (Å²) in [5, 5.41) is 4.63. The molecule has 5 heteroatoms. The molecule has 0 bridgehead atoms. The summed E-state index contributed by atoms with van der Waals surface area (Å²) in [6, 6.07) is 0.530. The maximum absolute atomic E-state index is 12.3. The van der Waals surface area contributed by atoms with Crippen LogP contribution < -0.4 is 0 Å². The van der Waals surface area contributed by atoms with Gasteiger partial charge in [0.2, 0.25) is 5.91 Å². The van der Waals surface area contributed by atoms with Crippen LogP contribution in [0.5, 0.6) is 0 Å². The predicted molar refractivity (Wildman–Crippen MR) is 105 cm³/mol. The zero-order valence-corrected chi connectivity index (χ0v) is 17.5. The van der Waals surface area contributed by atoms with E-state index in [1.54, 1.807) is 0 Å². The summed E-state index contributed by atoms with van der Waals surface area (Å²) in [5.74, 6) is 0.941. The molecule has 1 aromatic rings. The second-order valence-corrected chi connectivity index (χ2v) is 10.3. The lowest BCUT2D eigenvalue weighted by atomic mass is 9.89. The van der Waals surface area contributed by atoms with Crippen molar-refractivity contribution in [1.82, 2.24) is 19.6 Å². The van der Waals surface area contributed by atoms with Crippen LogP contribution in [0.25, 0.3) is 0 Å². The summed E-state index contributed by atoms with van der Waals surface area (Å²) < 4.78 is 2.19. The third-order valence-electron chi connectivity index (χ3n) is 5.80. The number of rotatable bonds is 3. The highest BCUT2D eigenvalue weighted by atomic mass is 16.2. The molecule has 2 fully saturated rings.